The van der Waals surface area contributed by atoms with Gasteiger partial charge in [-0.2, -0.15) is 0 Å². The van der Waals surface area contributed by atoms with Gasteiger partial charge in [-0.3, -0.25) is 0 Å². The van der Waals surface area contributed by atoms with Crippen LogP contribution in [0.1, 0.15) is 25.3 Å². The van der Waals surface area contributed by atoms with E-state index in [4.69, 9.17) is 16.0 Å². The highest BCUT2D eigenvalue weighted by Gasteiger charge is 2.11. The zero-order chi connectivity index (χ0) is 14.3. The molecule has 0 aliphatic rings. The van der Waals surface area contributed by atoms with Gasteiger partial charge in [0.05, 0.1) is 12.3 Å². The largest absolute Gasteiger partial charge is 0.409 e. The second-order valence-corrected chi connectivity index (χ2v) is 5.07. The number of halogens is 1. The van der Waals surface area contributed by atoms with Crippen molar-refractivity contribution in [3.63, 3.8) is 0 Å². The first-order chi connectivity index (χ1) is 9.13. The molecule has 19 heavy (non-hydrogen) atoms. The van der Waals surface area contributed by atoms with Crippen molar-refractivity contribution >= 4 is 27.5 Å². The Morgan fingerprint density at radius 3 is 2.68 bits per heavy atom. The van der Waals surface area contributed by atoms with Crippen LogP contribution >= 0.6 is 15.9 Å². The second kappa shape index (κ2) is 8.01. The number of oxime groups is 1. The molecule has 0 aromatic heterocycles. The molecule has 0 unspecified atom stereocenters. The molecule has 0 aliphatic heterocycles. The smallest absolute Gasteiger partial charge is 0.170 e. The molecule has 0 aliphatic carbocycles. The van der Waals surface area contributed by atoms with Crippen LogP contribution in [-0.4, -0.2) is 35.8 Å². The first-order valence-electron chi connectivity index (χ1n) is 6.27. The third kappa shape index (κ3) is 4.40. The molecule has 1 rings (SSSR count). The Kier molecular flexibility index (Phi) is 6.66. The van der Waals surface area contributed by atoms with Gasteiger partial charge in [-0.25, -0.2) is 0 Å². The summed E-state index contributed by atoms with van der Waals surface area (Å²) in [4.78, 5) is 2.11. The molecule has 5 nitrogen and oxygen atoms in total. The molecule has 0 fully saturated rings. The molecule has 6 heteroatoms. The zero-order valence-electron chi connectivity index (χ0n) is 11.0. The van der Waals surface area contributed by atoms with Gasteiger partial charge in [0.1, 0.15) is 0 Å². The van der Waals surface area contributed by atoms with Crippen LogP contribution < -0.4 is 10.6 Å². The number of nitrogens with two attached hydrogens (primary N) is 1. The van der Waals surface area contributed by atoms with Gasteiger partial charge in [-0.05, 0) is 40.5 Å². The van der Waals surface area contributed by atoms with E-state index in [1.807, 2.05) is 6.07 Å². The summed E-state index contributed by atoms with van der Waals surface area (Å²) in [5.74, 6) is 0.0783. The molecule has 0 saturated carbocycles. The molecular weight excluding hydrogens is 310 g/mol. The van der Waals surface area contributed by atoms with Crippen molar-refractivity contribution in [2.45, 2.75) is 19.8 Å². The number of hydrogen-bond acceptors (Lipinski definition) is 4. The van der Waals surface area contributed by atoms with Gasteiger partial charge < -0.3 is 20.9 Å². The molecule has 0 saturated heterocycles. The molecule has 0 radical (unpaired) electrons. The van der Waals surface area contributed by atoms with E-state index in [-0.39, 0.29) is 12.4 Å². The average Bonchev–Trinajstić information content (AvgIpc) is 2.42. The van der Waals surface area contributed by atoms with Gasteiger partial charge in [-0.15, -0.1) is 0 Å². The number of anilines is 1. The molecule has 1 aromatic carbocycles. The van der Waals surface area contributed by atoms with Crippen molar-refractivity contribution in [2.24, 2.45) is 10.9 Å². The Balaban J connectivity index is 2.97. The standard InChI is InChI=1S/C13H20BrN3O2/c1-2-3-6-17(7-8-18)12-5-4-10(9-11(12)14)13(15)16-19/h4-5,9,18-19H,2-3,6-8H2,1H3,(H2,15,16). The van der Waals surface area contributed by atoms with E-state index in [0.717, 1.165) is 29.5 Å². The fourth-order valence-corrected chi connectivity index (χ4v) is 2.43. The van der Waals surface area contributed by atoms with E-state index >= 15 is 0 Å². The number of unbranched alkanes of at least 4 members (excludes halogenated alkanes) is 1. The SMILES string of the molecule is CCCCN(CCO)c1ccc(/C(N)=N/O)cc1Br. The lowest BCUT2D eigenvalue weighted by atomic mass is 10.1. The topological polar surface area (TPSA) is 82.1 Å². The molecule has 4 N–H and O–H groups in total. The fourth-order valence-electron chi connectivity index (χ4n) is 1.80. The maximum absolute atomic E-state index is 9.14. The first kappa shape index (κ1) is 15.8. The quantitative estimate of drug-likeness (QED) is 0.310. The van der Waals surface area contributed by atoms with Crippen LogP contribution in [0.2, 0.25) is 0 Å². The molecule has 0 amide bonds. The third-order valence-corrected chi connectivity index (χ3v) is 3.48. The summed E-state index contributed by atoms with van der Waals surface area (Å²) < 4.78 is 0.862. The lowest BCUT2D eigenvalue weighted by Gasteiger charge is -2.25. The Labute approximate surface area is 121 Å². The predicted octanol–water partition coefficient (Wildman–Crippen LogP) is 2.14. The third-order valence-electron chi connectivity index (χ3n) is 2.84. The molecule has 0 bridgehead atoms. The lowest BCUT2D eigenvalue weighted by molar-refractivity contribution is 0.301. The normalized spacial score (nSPS) is 11.6. The fraction of sp³-hybridized carbons (Fsp3) is 0.462. The number of nitrogens with zero attached hydrogens (tertiary/aromatic N) is 2. The number of aliphatic hydroxyl groups excluding tert-OH is 1. The Morgan fingerprint density at radius 1 is 1.42 bits per heavy atom. The number of hydrogen-bond donors (Lipinski definition) is 3. The van der Waals surface area contributed by atoms with Crippen molar-refractivity contribution in [1.29, 1.82) is 0 Å². The Hall–Kier alpha value is -1.27. The van der Waals surface area contributed by atoms with Crippen molar-refractivity contribution < 1.29 is 10.3 Å². The van der Waals surface area contributed by atoms with Gasteiger partial charge >= 0.3 is 0 Å². The van der Waals surface area contributed by atoms with Gasteiger partial charge in [-0.1, -0.05) is 18.5 Å². The highest BCUT2D eigenvalue weighted by Crippen LogP contribution is 2.27. The van der Waals surface area contributed by atoms with Crippen LogP contribution in [0.4, 0.5) is 5.69 Å². The monoisotopic (exact) mass is 329 g/mol. The minimum Gasteiger partial charge on any atom is -0.409 e. The number of aliphatic hydroxyl groups is 1. The molecule has 1 aromatic rings. The van der Waals surface area contributed by atoms with Crippen LogP contribution in [0.5, 0.6) is 0 Å². The summed E-state index contributed by atoms with van der Waals surface area (Å²) >= 11 is 3.49. The molecule has 0 atom stereocenters. The predicted molar refractivity (Wildman–Crippen MR) is 80.9 cm³/mol. The summed E-state index contributed by atoms with van der Waals surface area (Å²) in [6.45, 7) is 3.71. The van der Waals surface area contributed by atoms with E-state index in [2.05, 4.69) is 32.9 Å². The number of benzene rings is 1. The Bertz CT molecular complexity index is 438. The zero-order valence-corrected chi connectivity index (χ0v) is 12.6. The highest BCUT2D eigenvalue weighted by molar-refractivity contribution is 9.10. The summed E-state index contributed by atoms with van der Waals surface area (Å²) in [7, 11) is 0. The van der Waals surface area contributed by atoms with Crippen molar-refractivity contribution in [2.75, 3.05) is 24.6 Å². The highest BCUT2D eigenvalue weighted by atomic mass is 79.9. The summed E-state index contributed by atoms with van der Waals surface area (Å²) in [6, 6.07) is 5.51. The number of amidine groups is 1. The van der Waals surface area contributed by atoms with Crippen molar-refractivity contribution in [1.82, 2.24) is 0 Å². The van der Waals surface area contributed by atoms with E-state index in [1.165, 1.54) is 0 Å². The van der Waals surface area contributed by atoms with Gasteiger partial charge in [0.25, 0.3) is 0 Å². The van der Waals surface area contributed by atoms with Crippen molar-refractivity contribution in [3.8, 4) is 0 Å². The molecule has 106 valence electrons. The summed E-state index contributed by atoms with van der Waals surface area (Å²) in [6.07, 6.45) is 2.16. The van der Waals surface area contributed by atoms with Crippen LogP contribution in [0.3, 0.4) is 0 Å². The van der Waals surface area contributed by atoms with Gasteiger partial charge in [0, 0.05) is 23.1 Å². The minimum absolute atomic E-state index is 0.0783. The maximum Gasteiger partial charge on any atom is 0.170 e. The van der Waals surface area contributed by atoms with Gasteiger partial charge in [0.2, 0.25) is 0 Å². The summed E-state index contributed by atoms with van der Waals surface area (Å²) in [5, 5.41) is 20.8. The van der Waals surface area contributed by atoms with E-state index in [0.29, 0.717) is 12.1 Å². The molecule has 0 heterocycles. The average molecular weight is 330 g/mol. The van der Waals surface area contributed by atoms with Crippen LogP contribution in [0, 0.1) is 0 Å². The van der Waals surface area contributed by atoms with Gasteiger partial charge in [0.15, 0.2) is 5.84 Å². The Morgan fingerprint density at radius 2 is 2.16 bits per heavy atom. The lowest BCUT2D eigenvalue weighted by Crippen LogP contribution is -2.28. The van der Waals surface area contributed by atoms with E-state index in [9.17, 15) is 0 Å². The van der Waals surface area contributed by atoms with Crippen LogP contribution in [0.25, 0.3) is 0 Å². The molecular formula is C13H20BrN3O2. The van der Waals surface area contributed by atoms with E-state index < -0.39 is 0 Å². The molecule has 0 spiro atoms. The van der Waals surface area contributed by atoms with Crippen LogP contribution in [-0.2, 0) is 0 Å². The first-order valence-corrected chi connectivity index (χ1v) is 7.06. The number of rotatable bonds is 7. The maximum atomic E-state index is 9.14. The minimum atomic E-state index is 0.0783. The van der Waals surface area contributed by atoms with Crippen LogP contribution in [0.15, 0.2) is 27.8 Å². The summed E-state index contributed by atoms with van der Waals surface area (Å²) in [5.41, 5.74) is 7.20. The second-order valence-electron chi connectivity index (χ2n) is 4.22. The van der Waals surface area contributed by atoms with Crippen molar-refractivity contribution in [3.05, 3.63) is 28.2 Å². The van der Waals surface area contributed by atoms with E-state index in [1.54, 1.807) is 12.1 Å².